The Morgan fingerprint density at radius 1 is 1.25 bits per heavy atom. The Kier molecular flexibility index (Phi) is 3.85. The predicted molar refractivity (Wildman–Crippen MR) is 79.9 cm³/mol. The van der Waals surface area contributed by atoms with Gasteiger partial charge in [0, 0.05) is 12.4 Å². The predicted octanol–water partition coefficient (Wildman–Crippen LogP) is 1.71. The van der Waals surface area contributed by atoms with Crippen LogP contribution in [0.5, 0.6) is 0 Å². The maximum atomic E-state index is 11.8. The Morgan fingerprint density at radius 3 is 2.95 bits per heavy atom. The molecule has 0 aliphatic rings. The van der Waals surface area contributed by atoms with Crippen molar-refractivity contribution in [2.45, 2.75) is 13.0 Å². The Hall–Kier alpha value is -2.05. The van der Waals surface area contributed by atoms with Crippen LogP contribution in [-0.4, -0.2) is 21.5 Å². The van der Waals surface area contributed by atoms with Gasteiger partial charge in [-0.25, -0.2) is 4.98 Å². The van der Waals surface area contributed by atoms with E-state index >= 15 is 0 Å². The fourth-order valence-corrected chi connectivity index (χ4v) is 2.72. The second-order valence-electron chi connectivity index (χ2n) is 4.43. The summed E-state index contributed by atoms with van der Waals surface area (Å²) in [5, 5.41) is 5.17. The average molecular weight is 286 g/mol. The quantitative estimate of drug-likeness (QED) is 0.701. The van der Waals surface area contributed by atoms with Crippen LogP contribution >= 0.6 is 11.3 Å². The van der Waals surface area contributed by atoms with Gasteiger partial charge in [-0.3, -0.25) is 9.78 Å². The van der Waals surface area contributed by atoms with Crippen molar-refractivity contribution in [2.24, 2.45) is 0 Å². The van der Waals surface area contributed by atoms with E-state index in [0.717, 1.165) is 18.5 Å². The van der Waals surface area contributed by atoms with Gasteiger partial charge in [-0.1, -0.05) is 0 Å². The molecule has 6 heteroatoms. The molecule has 0 aliphatic heterocycles. The molecule has 3 rings (SSSR count). The summed E-state index contributed by atoms with van der Waals surface area (Å²) in [7, 11) is 0. The number of nitrogens with one attached hydrogen (secondary N) is 2. The van der Waals surface area contributed by atoms with Gasteiger partial charge < -0.3 is 10.3 Å². The van der Waals surface area contributed by atoms with Crippen LogP contribution < -0.4 is 10.9 Å². The molecule has 3 aromatic rings. The molecule has 0 atom stereocenters. The van der Waals surface area contributed by atoms with Crippen LogP contribution in [0.1, 0.15) is 11.4 Å². The summed E-state index contributed by atoms with van der Waals surface area (Å²) in [6, 6.07) is 5.87. The molecule has 0 bridgehead atoms. The molecule has 20 heavy (non-hydrogen) atoms. The molecule has 0 saturated heterocycles. The van der Waals surface area contributed by atoms with Gasteiger partial charge in [0.25, 0.3) is 5.56 Å². The van der Waals surface area contributed by atoms with Crippen molar-refractivity contribution >= 4 is 21.6 Å². The Labute approximate surface area is 119 Å². The lowest BCUT2D eigenvalue weighted by atomic mass is 10.2. The van der Waals surface area contributed by atoms with Crippen LogP contribution in [-0.2, 0) is 13.0 Å². The minimum absolute atomic E-state index is 0.0593. The highest BCUT2D eigenvalue weighted by Crippen LogP contribution is 2.13. The third-order valence-corrected chi connectivity index (χ3v) is 3.90. The third kappa shape index (κ3) is 2.92. The van der Waals surface area contributed by atoms with Crippen molar-refractivity contribution < 1.29 is 0 Å². The highest BCUT2D eigenvalue weighted by Gasteiger charge is 2.04. The second kappa shape index (κ2) is 5.94. The zero-order valence-electron chi connectivity index (χ0n) is 10.8. The molecule has 3 heterocycles. The summed E-state index contributed by atoms with van der Waals surface area (Å²) in [4.78, 5) is 23.0. The minimum Gasteiger partial charge on any atom is -0.310 e. The van der Waals surface area contributed by atoms with E-state index in [-0.39, 0.29) is 5.56 Å². The zero-order chi connectivity index (χ0) is 13.8. The Balaban J connectivity index is 1.58. The van der Waals surface area contributed by atoms with Gasteiger partial charge in [-0.05, 0) is 42.1 Å². The number of hydrogen-bond acceptors (Lipinski definition) is 5. The van der Waals surface area contributed by atoms with Crippen LogP contribution in [0.25, 0.3) is 10.2 Å². The molecule has 0 aliphatic carbocycles. The van der Waals surface area contributed by atoms with Crippen LogP contribution in [0, 0.1) is 0 Å². The van der Waals surface area contributed by atoms with Crippen LogP contribution in [0.3, 0.4) is 0 Å². The fraction of sp³-hybridized carbons (Fsp3) is 0.214. The topological polar surface area (TPSA) is 70.7 Å². The lowest BCUT2D eigenvalue weighted by molar-refractivity contribution is 0.660. The van der Waals surface area contributed by atoms with Gasteiger partial charge in [-0.2, -0.15) is 0 Å². The number of thiophene rings is 1. The normalized spacial score (nSPS) is 11.0. The van der Waals surface area contributed by atoms with Crippen molar-refractivity contribution in [3.05, 3.63) is 57.7 Å². The summed E-state index contributed by atoms with van der Waals surface area (Å²) >= 11 is 1.42. The summed E-state index contributed by atoms with van der Waals surface area (Å²) in [6.07, 6.45) is 4.51. The summed E-state index contributed by atoms with van der Waals surface area (Å²) < 4.78 is 0.686. The smallest absolute Gasteiger partial charge is 0.268 e. The Morgan fingerprint density at radius 2 is 2.10 bits per heavy atom. The summed E-state index contributed by atoms with van der Waals surface area (Å²) in [5.74, 6) is 0.677. The summed E-state index contributed by atoms with van der Waals surface area (Å²) in [5.41, 5.74) is 1.95. The average Bonchev–Trinajstić information content (AvgIpc) is 2.94. The number of pyridine rings is 1. The van der Waals surface area contributed by atoms with E-state index in [0.29, 0.717) is 17.1 Å². The first-order valence-electron chi connectivity index (χ1n) is 6.39. The van der Waals surface area contributed by atoms with Gasteiger partial charge in [0.05, 0.1) is 12.1 Å². The Bertz CT molecular complexity index is 750. The maximum absolute atomic E-state index is 11.8. The van der Waals surface area contributed by atoms with Gasteiger partial charge >= 0.3 is 0 Å². The highest BCUT2D eigenvalue weighted by atomic mass is 32.1. The molecule has 0 aromatic carbocycles. The van der Waals surface area contributed by atoms with E-state index in [4.69, 9.17) is 0 Å². The van der Waals surface area contributed by atoms with E-state index in [1.807, 2.05) is 23.6 Å². The van der Waals surface area contributed by atoms with Crippen molar-refractivity contribution in [3.8, 4) is 0 Å². The lowest BCUT2D eigenvalue weighted by Crippen LogP contribution is -2.21. The number of hydrogen-bond donors (Lipinski definition) is 2. The third-order valence-electron chi connectivity index (χ3n) is 3.00. The van der Waals surface area contributed by atoms with Crippen LogP contribution in [0.15, 0.2) is 40.8 Å². The van der Waals surface area contributed by atoms with Crippen molar-refractivity contribution in [3.63, 3.8) is 0 Å². The standard InChI is InChI=1S/C14H14N4OS/c19-14-13-11(4-8-20-13)17-12(18-14)9-16-7-3-10-1-5-15-6-2-10/h1-2,4-6,8,16H,3,7,9H2,(H,17,18,19). The monoisotopic (exact) mass is 286 g/mol. The van der Waals surface area contributed by atoms with Gasteiger partial charge in [0.1, 0.15) is 10.5 Å². The molecule has 0 unspecified atom stereocenters. The largest absolute Gasteiger partial charge is 0.310 e. The van der Waals surface area contributed by atoms with E-state index in [9.17, 15) is 4.79 Å². The molecular weight excluding hydrogens is 272 g/mol. The summed E-state index contributed by atoms with van der Waals surface area (Å²) in [6.45, 7) is 1.39. The maximum Gasteiger partial charge on any atom is 0.268 e. The molecule has 0 radical (unpaired) electrons. The first-order valence-corrected chi connectivity index (χ1v) is 7.27. The van der Waals surface area contributed by atoms with Crippen molar-refractivity contribution in [2.75, 3.05) is 6.54 Å². The molecule has 3 aromatic heterocycles. The molecule has 2 N–H and O–H groups in total. The molecule has 0 amide bonds. The van der Waals surface area contributed by atoms with Gasteiger partial charge in [-0.15, -0.1) is 11.3 Å². The number of aromatic nitrogens is 3. The molecule has 102 valence electrons. The molecule has 5 nitrogen and oxygen atoms in total. The number of H-pyrrole nitrogens is 1. The molecule has 0 fully saturated rings. The van der Waals surface area contributed by atoms with Crippen molar-refractivity contribution in [1.82, 2.24) is 20.3 Å². The van der Waals surface area contributed by atoms with Crippen LogP contribution in [0.2, 0.25) is 0 Å². The van der Waals surface area contributed by atoms with Crippen LogP contribution in [0.4, 0.5) is 0 Å². The van der Waals surface area contributed by atoms with E-state index < -0.39 is 0 Å². The first kappa shape index (κ1) is 13.0. The second-order valence-corrected chi connectivity index (χ2v) is 5.35. The highest BCUT2D eigenvalue weighted by molar-refractivity contribution is 7.17. The van der Waals surface area contributed by atoms with E-state index in [1.54, 1.807) is 12.4 Å². The number of rotatable bonds is 5. The molecule has 0 saturated carbocycles. The van der Waals surface area contributed by atoms with Gasteiger partial charge in [0.15, 0.2) is 0 Å². The number of fused-ring (bicyclic) bond motifs is 1. The SMILES string of the molecule is O=c1[nH]c(CNCCc2ccncc2)nc2ccsc12. The zero-order valence-corrected chi connectivity index (χ0v) is 11.6. The van der Waals surface area contributed by atoms with E-state index in [2.05, 4.69) is 20.3 Å². The number of nitrogens with zero attached hydrogens (tertiary/aromatic N) is 2. The molecular formula is C14H14N4OS. The van der Waals surface area contributed by atoms with Gasteiger partial charge in [0.2, 0.25) is 0 Å². The first-order chi connectivity index (χ1) is 9.83. The fourth-order valence-electron chi connectivity index (χ4n) is 1.99. The lowest BCUT2D eigenvalue weighted by Gasteiger charge is -2.04. The van der Waals surface area contributed by atoms with E-state index in [1.165, 1.54) is 16.9 Å². The number of aromatic amines is 1. The van der Waals surface area contributed by atoms with Crippen molar-refractivity contribution in [1.29, 1.82) is 0 Å². The molecule has 0 spiro atoms. The minimum atomic E-state index is -0.0593.